The fraction of sp³-hybridized carbons (Fsp3) is 0.588. The van der Waals surface area contributed by atoms with E-state index in [1.54, 1.807) is 7.11 Å². The Kier molecular flexibility index (Phi) is 8.36. The summed E-state index contributed by atoms with van der Waals surface area (Å²) in [7, 11) is 1.65. The summed E-state index contributed by atoms with van der Waals surface area (Å²) < 4.78 is 10.8. The van der Waals surface area contributed by atoms with Crippen LogP contribution in [0.2, 0.25) is 0 Å². The average molecular weight is 308 g/mol. The molecule has 2 N–H and O–H groups in total. The van der Waals surface area contributed by atoms with Crippen LogP contribution in [-0.2, 0) is 9.53 Å². The normalized spacial score (nSPS) is 10.6. The summed E-state index contributed by atoms with van der Waals surface area (Å²) >= 11 is 0. The number of ether oxygens (including phenoxy) is 2. The van der Waals surface area contributed by atoms with Gasteiger partial charge in [-0.1, -0.05) is 20.8 Å². The van der Waals surface area contributed by atoms with Crippen molar-refractivity contribution in [3.63, 3.8) is 0 Å². The molecule has 0 fully saturated rings. The van der Waals surface area contributed by atoms with Gasteiger partial charge in [-0.15, -0.1) is 0 Å². The molecule has 0 unspecified atom stereocenters. The zero-order valence-electron chi connectivity index (χ0n) is 14.1. The van der Waals surface area contributed by atoms with Crippen LogP contribution < -0.4 is 15.4 Å². The number of amides is 1. The second-order valence-electron chi connectivity index (χ2n) is 5.11. The molecule has 0 aliphatic rings. The van der Waals surface area contributed by atoms with E-state index in [2.05, 4.69) is 24.5 Å². The molecule has 0 saturated heterocycles. The maximum absolute atomic E-state index is 11.5. The average Bonchev–Trinajstić information content (AvgIpc) is 2.54. The first kappa shape index (κ1) is 18.3. The zero-order valence-corrected chi connectivity index (χ0v) is 14.1. The molecule has 1 amide bonds. The van der Waals surface area contributed by atoms with Gasteiger partial charge >= 0.3 is 0 Å². The monoisotopic (exact) mass is 308 g/mol. The summed E-state index contributed by atoms with van der Waals surface area (Å²) in [4.78, 5) is 11.5. The predicted octanol–water partition coefficient (Wildman–Crippen LogP) is 3.66. The highest BCUT2D eigenvalue weighted by atomic mass is 16.5. The molecule has 1 aromatic rings. The molecular formula is C17H28N2O3. The first-order valence-corrected chi connectivity index (χ1v) is 7.96. The summed E-state index contributed by atoms with van der Waals surface area (Å²) in [6, 6.07) is 6.04. The van der Waals surface area contributed by atoms with Crippen molar-refractivity contribution in [3.05, 3.63) is 18.2 Å². The van der Waals surface area contributed by atoms with Crippen LogP contribution in [0.25, 0.3) is 0 Å². The van der Waals surface area contributed by atoms with E-state index in [-0.39, 0.29) is 5.91 Å². The van der Waals surface area contributed by atoms with Crippen molar-refractivity contribution < 1.29 is 14.3 Å². The van der Waals surface area contributed by atoms with Crippen molar-refractivity contribution in [2.45, 2.75) is 46.1 Å². The van der Waals surface area contributed by atoms with E-state index in [0.29, 0.717) is 25.7 Å². The molecule has 0 aliphatic carbocycles. The molecule has 1 aromatic carbocycles. The van der Waals surface area contributed by atoms with Gasteiger partial charge in [-0.3, -0.25) is 4.79 Å². The van der Waals surface area contributed by atoms with Crippen molar-refractivity contribution in [1.82, 2.24) is 0 Å². The van der Waals surface area contributed by atoms with Crippen LogP contribution >= 0.6 is 0 Å². The topological polar surface area (TPSA) is 59.6 Å². The minimum Gasteiger partial charge on any atom is -0.489 e. The van der Waals surface area contributed by atoms with Crippen molar-refractivity contribution in [2.75, 3.05) is 31.0 Å². The standard InChI is InChI=1S/C17H28N2O3/c1-5-13(6-2)18-15-12-14(19-17(20)7-3)8-9-16(15)22-11-10-21-4/h8-9,12-13,18H,5-7,10-11H2,1-4H3,(H,19,20). The first-order chi connectivity index (χ1) is 10.6. The molecule has 5 nitrogen and oxygen atoms in total. The van der Waals surface area contributed by atoms with Crippen LogP contribution in [0.1, 0.15) is 40.0 Å². The molecule has 5 heteroatoms. The van der Waals surface area contributed by atoms with E-state index >= 15 is 0 Å². The second kappa shape index (κ2) is 10.1. The molecular weight excluding hydrogens is 280 g/mol. The van der Waals surface area contributed by atoms with Crippen LogP contribution in [0.4, 0.5) is 11.4 Å². The zero-order chi connectivity index (χ0) is 16.4. The molecule has 0 radical (unpaired) electrons. The van der Waals surface area contributed by atoms with Crippen LogP contribution in [-0.4, -0.2) is 32.3 Å². The third-order valence-corrected chi connectivity index (χ3v) is 3.47. The molecule has 0 heterocycles. The highest BCUT2D eigenvalue weighted by Gasteiger charge is 2.10. The van der Waals surface area contributed by atoms with Crippen LogP contribution in [0.15, 0.2) is 18.2 Å². The van der Waals surface area contributed by atoms with Gasteiger partial charge in [0.15, 0.2) is 0 Å². The third-order valence-electron chi connectivity index (χ3n) is 3.47. The Labute approximate surface area is 133 Å². The number of anilines is 2. The Hall–Kier alpha value is -1.75. The number of benzene rings is 1. The van der Waals surface area contributed by atoms with Gasteiger partial charge in [0.05, 0.1) is 12.3 Å². The summed E-state index contributed by atoms with van der Waals surface area (Å²) in [5, 5.41) is 6.36. The number of carbonyl (C=O) groups is 1. The van der Waals surface area contributed by atoms with E-state index in [1.165, 1.54) is 0 Å². The summed E-state index contributed by atoms with van der Waals surface area (Å²) in [5.41, 5.74) is 1.68. The minimum atomic E-state index is 0.00142. The van der Waals surface area contributed by atoms with Crippen molar-refractivity contribution >= 4 is 17.3 Å². The number of carbonyl (C=O) groups excluding carboxylic acids is 1. The van der Waals surface area contributed by atoms with Crippen molar-refractivity contribution in [3.8, 4) is 5.75 Å². The maximum atomic E-state index is 11.5. The Balaban J connectivity index is 2.91. The van der Waals surface area contributed by atoms with Crippen LogP contribution in [0, 0.1) is 0 Å². The smallest absolute Gasteiger partial charge is 0.224 e. The number of methoxy groups -OCH3 is 1. The number of rotatable bonds is 10. The lowest BCUT2D eigenvalue weighted by atomic mass is 10.1. The number of hydrogen-bond donors (Lipinski definition) is 2. The summed E-state index contributed by atoms with van der Waals surface area (Å²) in [5.74, 6) is 0.778. The Morgan fingerprint density at radius 2 is 1.91 bits per heavy atom. The van der Waals surface area contributed by atoms with Crippen LogP contribution in [0.3, 0.4) is 0 Å². The number of hydrogen-bond acceptors (Lipinski definition) is 4. The Morgan fingerprint density at radius 1 is 1.18 bits per heavy atom. The molecule has 0 saturated carbocycles. The van der Waals surface area contributed by atoms with Crippen molar-refractivity contribution in [1.29, 1.82) is 0 Å². The summed E-state index contributed by atoms with van der Waals surface area (Å²) in [6.07, 6.45) is 2.51. The molecule has 0 aromatic heterocycles. The lowest BCUT2D eigenvalue weighted by molar-refractivity contribution is -0.115. The second-order valence-corrected chi connectivity index (χ2v) is 5.11. The fourth-order valence-corrected chi connectivity index (χ4v) is 2.04. The van der Waals surface area contributed by atoms with Gasteiger partial charge in [0.2, 0.25) is 5.91 Å². The van der Waals surface area contributed by atoms with Gasteiger partial charge in [0.1, 0.15) is 12.4 Å². The largest absolute Gasteiger partial charge is 0.489 e. The first-order valence-electron chi connectivity index (χ1n) is 7.96. The highest BCUT2D eigenvalue weighted by Crippen LogP contribution is 2.29. The van der Waals surface area contributed by atoms with Gasteiger partial charge in [0.25, 0.3) is 0 Å². The van der Waals surface area contributed by atoms with Gasteiger partial charge in [0, 0.05) is 25.3 Å². The van der Waals surface area contributed by atoms with E-state index < -0.39 is 0 Å². The lowest BCUT2D eigenvalue weighted by Crippen LogP contribution is -2.18. The lowest BCUT2D eigenvalue weighted by Gasteiger charge is -2.20. The SMILES string of the molecule is CCC(=O)Nc1ccc(OCCOC)c(NC(CC)CC)c1. The molecule has 1 rings (SSSR count). The van der Waals surface area contributed by atoms with E-state index in [9.17, 15) is 4.79 Å². The molecule has 0 atom stereocenters. The van der Waals surface area contributed by atoms with Gasteiger partial charge < -0.3 is 20.1 Å². The minimum absolute atomic E-state index is 0.00142. The quantitative estimate of drug-likeness (QED) is 0.648. The van der Waals surface area contributed by atoms with E-state index in [0.717, 1.165) is 30.0 Å². The predicted molar refractivity (Wildman–Crippen MR) is 90.7 cm³/mol. The molecule has 124 valence electrons. The molecule has 0 spiro atoms. The maximum Gasteiger partial charge on any atom is 0.224 e. The Bertz CT molecular complexity index is 459. The molecule has 0 bridgehead atoms. The van der Waals surface area contributed by atoms with Gasteiger partial charge in [-0.2, -0.15) is 0 Å². The number of nitrogens with one attached hydrogen (secondary N) is 2. The molecule has 0 aliphatic heterocycles. The van der Waals surface area contributed by atoms with E-state index in [1.807, 2.05) is 25.1 Å². The summed E-state index contributed by atoms with van der Waals surface area (Å²) in [6.45, 7) is 7.17. The third kappa shape index (κ3) is 5.93. The van der Waals surface area contributed by atoms with Gasteiger partial charge in [-0.05, 0) is 31.0 Å². The fourth-order valence-electron chi connectivity index (χ4n) is 2.04. The Morgan fingerprint density at radius 3 is 2.50 bits per heavy atom. The van der Waals surface area contributed by atoms with E-state index in [4.69, 9.17) is 9.47 Å². The van der Waals surface area contributed by atoms with Gasteiger partial charge in [-0.25, -0.2) is 0 Å². The molecule has 22 heavy (non-hydrogen) atoms. The highest BCUT2D eigenvalue weighted by molar-refractivity contribution is 5.91. The van der Waals surface area contributed by atoms with Crippen molar-refractivity contribution in [2.24, 2.45) is 0 Å². The van der Waals surface area contributed by atoms with Crippen LogP contribution in [0.5, 0.6) is 5.75 Å².